The van der Waals surface area contributed by atoms with Gasteiger partial charge in [0.25, 0.3) is 5.91 Å². The number of carbonyl (C=O) groups is 2. The molecule has 1 aliphatic heterocycles. The van der Waals surface area contributed by atoms with Crippen molar-refractivity contribution in [1.29, 1.82) is 0 Å². The molecular formula is C24H26F4N2O4. The highest BCUT2D eigenvalue weighted by Gasteiger charge is 2.40. The molecule has 1 saturated heterocycles. The maximum atomic E-state index is 13.3. The van der Waals surface area contributed by atoms with Gasteiger partial charge in [0.2, 0.25) is 5.79 Å². The SMILES string of the molecule is CC(C)(C)c1ccc(NC(=O)OC2(O)CCN(C(=O)c3ccc(F)cc3C(F)(F)F)CC2)cc1. The number of anilines is 1. The molecule has 2 aromatic rings. The fraction of sp³-hybridized carbons (Fsp3) is 0.417. The van der Waals surface area contributed by atoms with Gasteiger partial charge in [-0.05, 0) is 41.3 Å². The first-order valence-corrected chi connectivity index (χ1v) is 10.7. The van der Waals surface area contributed by atoms with Crippen molar-refractivity contribution in [3.8, 4) is 0 Å². The molecule has 34 heavy (non-hydrogen) atoms. The van der Waals surface area contributed by atoms with Gasteiger partial charge in [0.05, 0.1) is 11.1 Å². The number of ether oxygens (including phenoxy) is 1. The Morgan fingerprint density at radius 3 is 2.15 bits per heavy atom. The van der Waals surface area contributed by atoms with Crippen LogP contribution in [0.1, 0.15) is 55.1 Å². The zero-order valence-electron chi connectivity index (χ0n) is 19.0. The second-order valence-electron chi connectivity index (χ2n) is 9.27. The average Bonchev–Trinajstić information content (AvgIpc) is 2.72. The smallest absolute Gasteiger partial charge is 0.417 e. The van der Waals surface area contributed by atoms with E-state index in [0.717, 1.165) is 22.6 Å². The molecule has 0 atom stereocenters. The van der Waals surface area contributed by atoms with Crippen LogP contribution in [-0.4, -0.2) is 40.9 Å². The Bertz CT molecular complexity index is 1050. The summed E-state index contributed by atoms with van der Waals surface area (Å²) < 4.78 is 58.2. The van der Waals surface area contributed by atoms with E-state index in [2.05, 4.69) is 26.1 Å². The number of hydrogen-bond donors (Lipinski definition) is 2. The third kappa shape index (κ3) is 6.05. The summed E-state index contributed by atoms with van der Waals surface area (Å²) in [5.41, 5.74) is -0.584. The summed E-state index contributed by atoms with van der Waals surface area (Å²) in [7, 11) is 0. The maximum absolute atomic E-state index is 13.3. The summed E-state index contributed by atoms with van der Waals surface area (Å²) in [4.78, 5) is 26.0. The molecule has 0 aromatic heterocycles. The number of hydrogen-bond acceptors (Lipinski definition) is 4. The lowest BCUT2D eigenvalue weighted by Crippen LogP contribution is -2.49. The van der Waals surface area contributed by atoms with E-state index in [4.69, 9.17) is 4.74 Å². The first-order valence-electron chi connectivity index (χ1n) is 10.7. The summed E-state index contributed by atoms with van der Waals surface area (Å²) in [6, 6.07) is 8.97. The van der Waals surface area contributed by atoms with Crippen molar-refractivity contribution in [3.63, 3.8) is 0 Å². The van der Waals surface area contributed by atoms with Crippen LogP contribution in [0.5, 0.6) is 0 Å². The van der Waals surface area contributed by atoms with Crippen molar-refractivity contribution in [2.24, 2.45) is 0 Å². The molecule has 0 saturated carbocycles. The molecule has 0 spiro atoms. The van der Waals surface area contributed by atoms with Crippen molar-refractivity contribution in [1.82, 2.24) is 4.90 Å². The number of nitrogens with one attached hydrogen (secondary N) is 1. The number of nitrogens with zero attached hydrogens (tertiary/aromatic N) is 1. The second-order valence-corrected chi connectivity index (χ2v) is 9.27. The van der Waals surface area contributed by atoms with Gasteiger partial charge >= 0.3 is 12.3 Å². The summed E-state index contributed by atoms with van der Waals surface area (Å²) >= 11 is 0. The van der Waals surface area contributed by atoms with Crippen molar-refractivity contribution >= 4 is 17.7 Å². The van der Waals surface area contributed by atoms with Crippen LogP contribution < -0.4 is 5.32 Å². The minimum absolute atomic E-state index is 0.0611. The van der Waals surface area contributed by atoms with Crippen LogP contribution in [0, 0.1) is 5.82 Å². The lowest BCUT2D eigenvalue weighted by Gasteiger charge is -2.37. The lowest BCUT2D eigenvalue weighted by molar-refractivity contribution is -0.182. The number of likely N-dealkylation sites (tertiary alicyclic amines) is 1. The fourth-order valence-electron chi connectivity index (χ4n) is 3.64. The molecule has 1 fully saturated rings. The fourth-order valence-corrected chi connectivity index (χ4v) is 3.64. The van der Waals surface area contributed by atoms with Gasteiger partial charge in [-0.2, -0.15) is 13.2 Å². The van der Waals surface area contributed by atoms with Gasteiger partial charge in [-0.25, -0.2) is 9.18 Å². The van der Waals surface area contributed by atoms with Crippen LogP contribution in [0.25, 0.3) is 0 Å². The monoisotopic (exact) mass is 482 g/mol. The number of piperidine rings is 1. The van der Waals surface area contributed by atoms with Gasteiger partial charge in [0.1, 0.15) is 5.82 Å². The van der Waals surface area contributed by atoms with E-state index in [1.807, 2.05) is 12.1 Å². The van der Waals surface area contributed by atoms with Crippen molar-refractivity contribution in [2.45, 2.75) is 51.0 Å². The zero-order chi connectivity index (χ0) is 25.3. The van der Waals surface area contributed by atoms with E-state index in [1.54, 1.807) is 12.1 Å². The van der Waals surface area contributed by atoms with Crippen LogP contribution in [0.2, 0.25) is 0 Å². The molecule has 1 aliphatic rings. The summed E-state index contributed by atoms with van der Waals surface area (Å²) in [6.45, 7) is 5.85. The molecule has 0 radical (unpaired) electrons. The number of aliphatic hydroxyl groups is 1. The number of benzene rings is 2. The van der Waals surface area contributed by atoms with Crippen molar-refractivity contribution in [3.05, 3.63) is 65.0 Å². The van der Waals surface area contributed by atoms with Gasteiger partial charge in [-0.15, -0.1) is 0 Å². The van der Waals surface area contributed by atoms with Gasteiger partial charge < -0.3 is 14.7 Å². The van der Waals surface area contributed by atoms with Gasteiger partial charge in [0, 0.05) is 31.6 Å². The lowest BCUT2D eigenvalue weighted by atomic mass is 9.87. The highest BCUT2D eigenvalue weighted by Crippen LogP contribution is 2.34. The molecule has 1 heterocycles. The maximum Gasteiger partial charge on any atom is 0.417 e. The van der Waals surface area contributed by atoms with Crippen LogP contribution in [0.4, 0.5) is 28.0 Å². The minimum atomic E-state index is -4.91. The van der Waals surface area contributed by atoms with E-state index >= 15 is 0 Å². The summed E-state index contributed by atoms with van der Waals surface area (Å²) in [6.07, 6.45) is -6.20. The number of halogens is 4. The first-order chi connectivity index (χ1) is 15.7. The van der Waals surface area contributed by atoms with Gasteiger partial charge in [-0.1, -0.05) is 32.9 Å². The second kappa shape index (κ2) is 9.25. The summed E-state index contributed by atoms with van der Waals surface area (Å²) in [5.74, 6) is -3.94. The van der Waals surface area contributed by atoms with Crippen molar-refractivity contribution < 1.29 is 37.0 Å². The topological polar surface area (TPSA) is 78.9 Å². The third-order valence-corrected chi connectivity index (χ3v) is 5.63. The molecule has 184 valence electrons. The van der Waals surface area contributed by atoms with Crippen LogP contribution in [0.3, 0.4) is 0 Å². The molecule has 10 heteroatoms. The number of amides is 2. The van der Waals surface area contributed by atoms with Gasteiger partial charge in [-0.3, -0.25) is 10.1 Å². The van der Waals surface area contributed by atoms with Crippen LogP contribution in [-0.2, 0) is 16.3 Å². The highest BCUT2D eigenvalue weighted by molar-refractivity contribution is 5.96. The van der Waals surface area contributed by atoms with E-state index in [0.29, 0.717) is 5.69 Å². The van der Waals surface area contributed by atoms with E-state index in [9.17, 15) is 32.3 Å². The molecular weight excluding hydrogens is 456 g/mol. The largest absolute Gasteiger partial charge is 0.417 e. The molecule has 0 aliphatic carbocycles. The predicted molar refractivity (Wildman–Crippen MR) is 117 cm³/mol. The number of rotatable bonds is 3. The highest BCUT2D eigenvalue weighted by atomic mass is 19.4. The molecule has 3 rings (SSSR count). The van der Waals surface area contributed by atoms with Crippen LogP contribution >= 0.6 is 0 Å². The molecule has 2 amide bonds. The van der Waals surface area contributed by atoms with E-state index in [1.165, 1.54) is 0 Å². The molecule has 0 bridgehead atoms. The van der Waals surface area contributed by atoms with Crippen LogP contribution in [0.15, 0.2) is 42.5 Å². The number of alkyl halides is 3. The standard InChI is InChI=1S/C24H26F4N2O4/c1-22(2,3)15-4-7-17(8-5-15)29-21(32)34-23(33)10-12-30(13-11-23)20(31)18-9-6-16(25)14-19(18)24(26,27)28/h4-9,14,33H,10-13H2,1-3H3,(H,29,32). The predicted octanol–water partition coefficient (Wildman–Crippen LogP) is 5.32. The zero-order valence-corrected chi connectivity index (χ0v) is 19.0. The molecule has 2 N–H and O–H groups in total. The summed E-state index contributed by atoms with van der Waals surface area (Å²) in [5, 5.41) is 13.1. The van der Waals surface area contributed by atoms with Crippen molar-refractivity contribution in [2.75, 3.05) is 18.4 Å². The average molecular weight is 482 g/mol. The molecule has 0 unspecified atom stereocenters. The molecule has 2 aromatic carbocycles. The Morgan fingerprint density at radius 2 is 1.62 bits per heavy atom. The Kier molecular flexibility index (Phi) is 6.93. The first kappa shape index (κ1) is 25.5. The number of carbonyl (C=O) groups excluding carboxylic acids is 2. The third-order valence-electron chi connectivity index (χ3n) is 5.63. The Balaban J connectivity index is 1.60. The van der Waals surface area contributed by atoms with E-state index < -0.39 is 40.9 Å². The minimum Gasteiger partial charge on any atom is -0.417 e. The molecule has 6 nitrogen and oxygen atoms in total. The van der Waals surface area contributed by atoms with Gasteiger partial charge in [0.15, 0.2) is 0 Å². The normalized spacial score (nSPS) is 16.2. The quantitative estimate of drug-likeness (QED) is 0.459. The Hall–Kier alpha value is -3.14. The van der Waals surface area contributed by atoms with E-state index in [-0.39, 0.29) is 37.4 Å². The Labute approximate surface area is 194 Å². The Morgan fingerprint density at radius 1 is 1.03 bits per heavy atom.